The number of hydrogen-bond acceptors (Lipinski definition) is 3. The molecule has 1 fully saturated rings. The van der Waals surface area contributed by atoms with Gasteiger partial charge in [-0.05, 0) is 104 Å². The third-order valence-electron chi connectivity index (χ3n) is 7.15. The van der Waals surface area contributed by atoms with Crippen LogP contribution in [0.25, 0.3) is 0 Å². The number of piperidine rings is 1. The zero-order valence-electron chi connectivity index (χ0n) is 17.9. The second kappa shape index (κ2) is 8.40. The van der Waals surface area contributed by atoms with Gasteiger partial charge in [-0.3, -0.25) is 4.79 Å². The molecule has 1 N–H and O–H groups in total. The average molecular weight is 439 g/mol. The minimum atomic E-state index is -3.51. The minimum Gasteiger partial charge on any atom is -0.326 e. The second-order valence-electron chi connectivity index (χ2n) is 9.14. The van der Waals surface area contributed by atoms with Crippen LogP contribution in [0, 0.1) is 5.92 Å². The number of benzene rings is 2. The number of fused-ring (bicyclic) bond motifs is 2. The molecule has 0 bridgehead atoms. The minimum absolute atomic E-state index is 0.00350. The number of nitrogens with zero attached hydrogens (tertiary/aromatic N) is 1. The normalized spacial score (nSPS) is 19.6. The molecule has 0 radical (unpaired) electrons. The van der Waals surface area contributed by atoms with E-state index in [1.807, 2.05) is 18.2 Å². The first-order valence-corrected chi connectivity index (χ1v) is 13.0. The number of rotatable bonds is 4. The van der Waals surface area contributed by atoms with Crippen molar-refractivity contribution in [3.8, 4) is 0 Å². The van der Waals surface area contributed by atoms with Crippen molar-refractivity contribution in [3.05, 3.63) is 58.7 Å². The first-order valence-electron chi connectivity index (χ1n) is 11.6. The fourth-order valence-electron chi connectivity index (χ4n) is 5.27. The molecular weight excluding hydrogens is 408 g/mol. The lowest BCUT2D eigenvalue weighted by molar-refractivity contribution is -0.120. The Kier molecular flexibility index (Phi) is 5.61. The van der Waals surface area contributed by atoms with Gasteiger partial charge in [0, 0.05) is 24.7 Å². The molecule has 5 nitrogen and oxygen atoms in total. The van der Waals surface area contributed by atoms with Gasteiger partial charge in [0.25, 0.3) is 0 Å². The SMILES string of the molecule is O=C(Nc1ccc2c(c1)CCC2)C1CCN(S(=O)(=O)c2ccc3c(c2)CCCC3)CC1. The van der Waals surface area contributed by atoms with Gasteiger partial charge < -0.3 is 5.32 Å². The number of sulfonamides is 1. The first kappa shape index (κ1) is 20.7. The monoisotopic (exact) mass is 438 g/mol. The molecular formula is C25H30N2O3S. The zero-order chi connectivity index (χ0) is 21.4. The smallest absolute Gasteiger partial charge is 0.243 e. The van der Waals surface area contributed by atoms with E-state index in [0.717, 1.165) is 37.8 Å². The van der Waals surface area contributed by atoms with Crippen LogP contribution in [-0.4, -0.2) is 31.7 Å². The lowest BCUT2D eigenvalue weighted by Crippen LogP contribution is -2.41. The highest BCUT2D eigenvalue weighted by Crippen LogP contribution is 2.29. The van der Waals surface area contributed by atoms with Gasteiger partial charge in [-0.15, -0.1) is 0 Å². The van der Waals surface area contributed by atoms with Crippen LogP contribution < -0.4 is 5.32 Å². The molecule has 2 aliphatic carbocycles. The highest BCUT2D eigenvalue weighted by atomic mass is 32.2. The van der Waals surface area contributed by atoms with E-state index in [4.69, 9.17) is 0 Å². The van der Waals surface area contributed by atoms with Gasteiger partial charge in [-0.1, -0.05) is 12.1 Å². The molecule has 3 aliphatic rings. The molecule has 6 heteroatoms. The summed E-state index contributed by atoms with van der Waals surface area (Å²) in [6.45, 7) is 0.781. The Labute approximate surface area is 184 Å². The Morgan fingerprint density at radius 3 is 2.19 bits per heavy atom. The molecule has 0 saturated carbocycles. The predicted molar refractivity (Wildman–Crippen MR) is 122 cm³/mol. The standard InChI is InChI=1S/C25H30N2O3S/c28-25(26-23-10-8-19-6-3-7-21(19)16-23)20-12-14-27(15-13-20)31(29,30)24-11-9-18-4-1-2-5-22(18)17-24/h8-11,16-17,20H,1-7,12-15H2,(H,26,28). The number of anilines is 1. The van der Waals surface area contributed by atoms with Crippen molar-refractivity contribution in [2.24, 2.45) is 5.92 Å². The highest BCUT2D eigenvalue weighted by Gasteiger charge is 2.32. The maximum Gasteiger partial charge on any atom is 0.243 e. The van der Waals surface area contributed by atoms with Gasteiger partial charge in [0.15, 0.2) is 0 Å². The summed E-state index contributed by atoms with van der Waals surface area (Å²) in [5.41, 5.74) is 6.04. The molecule has 0 atom stereocenters. The van der Waals surface area contributed by atoms with E-state index in [9.17, 15) is 13.2 Å². The summed E-state index contributed by atoms with van der Waals surface area (Å²) in [6.07, 6.45) is 8.82. The molecule has 0 aromatic heterocycles. The maximum absolute atomic E-state index is 13.2. The van der Waals surface area contributed by atoms with E-state index in [2.05, 4.69) is 17.4 Å². The van der Waals surface area contributed by atoms with Crippen LogP contribution in [0.5, 0.6) is 0 Å². The average Bonchev–Trinajstić information content (AvgIpc) is 3.27. The number of aryl methyl sites for hydroxylation is 4. The molecule has 164 valence electrons. The van der Waals surface area contributed by atoms with E-state index >= 15 is 0 Å². The van der Waals surface area contributed by atoms with Gasteiger partial charge in [-0.2, -0.15) is 4.31 Å². The van der Waals surface area contributed by atoms with Crippen molar-refractivity contribution in [3.63, 3.8) is 0 Å². The maximum atomic E-state index is 13.2. The summed E-state index contributed by atoms with van der Waals surface area (Å²) in [5, 5.41) is 3.05. The Morgan fingerprint density at radius 2 is 1.42 bits per heavy atom. The summed E-state index contributed by atoms with van der Waals surface area (Å²) in [7, 11) is -3.51. The van der Waals surface area contributed by atoms with Crippen molar-refractivity contribution in [2.45, 2.75) is 62.7 Å². The van der Waals surface area contributed by atoms with Gasteiger partial charge in [0.05, 0.1) is 4.90 Å². The molecule has 2 aromatic rings. The van der Waals surface area contributed by atoms with Crippen molar-refractivity contribution in [1.82, 2.24) is 4.31 Å². The number of hydrogen-bond donors (Lipinski definition) is 1. The van der Waals surface area contributed by atoms with Crippen molar-refractivity contribution < 1.29 is 13.2 Å². The summed E-state index contributed by atoms with van der Waals surface area (Å²) in [6, 6.07) is 11.8. The third kappa shape index (κ3) is 4.15. The number of carbonyl (C=O) groups is 1. The molecule has 0 unspecified atom stereocenters. The fourth-order valence-corrected chi connectivity index (χ4v) is 6.79. The lowest BCUT2D eigenvalue weighted by Gasteiger charge is -2.31. The van der Waals surface area contributed by atoms with Crippen LogP contribution in [0.1, 0.15) is 54.4 Å². The predicted octanol–water partition coefficient (Wildman–Crippen LogP) is 4.09. The van der Waals surface area contributed by atoms with Gasteiger partial charge in [-0.25, -0.2) is 8.42 Å². The lowest BCUT2D eigenvalue weighted by atomic mass is 9.92. The van der Waals surface area contributed by atoms with Gasteiger partial charge in [0.2, 0.25) is 15.9 Å². The molecule has 2 aromatic carbocycles. The zero-order valence-corrected chi connectivity index (χ0v) is 18.7. The summed E-state index contributed by atoms with van der Waals surface area (Å²) >= 11 is 0. The van der Waals surface area contributed by atoms with Crippen LogP contribution in [-0.2, 0) is 40.5 Å². The molecule has 1 aliphatic heterocycles. The molecule has 1 heterocycles. The van der Waals surface area contributed by atoms with Crippen LogP contribution in [0.15, 0.2) is 41.3 Å². The first-order chi connectivity index (χ1) is 15.0. The Hall–Kier alpha value is -2.18. The molecule has 31 heavy (non-hydrogen) atoms. The topological polar surface area (TPSA) is 66.5 Å². The van der Waals surface area contributed by atoms with E-state index < -0.39 is 10.0 Å². The number of carbonyl (C=O) groups excluding carboxylic acids is 1. The van der Waals surface area contributed by atoms with Crippen LogP contribution in [0.3, 0.4) is 0 Å². The fraction of sp³-hybridized carbons (Fsp3) is 0.480. The van der Waals surface area contributed by atoms with E-state index in [-0.39, 0.29) is 11.8 Å². The van der Waals surface area contributed by atoms with E-state index in [1.165, 1.54) is 35.1 Å². The Morgan fingerprint density at radius 1 is 0.806 bits per heavy atom. The number of amides is 1. The number of nitrogens with one attached hydrogen (secondary N) is 1. The molecule has 1 amide bonds. The van der Waals surface area contributed by atoms with Crippen LogP contribution >= 0.6 is 0 Å². The van der Waals surface area contributed by atoms with Gasteiger partial charge in [0.1, 0.15) is 0 Å². The Bertz CT molecular complexity index is 1100. The third-order valence-corrected chi connectivity index (χ3v) is 9.04. The summed E-state index contributed by atoms with van der Waals surface area (Å²) in [4.78, 5) is 13.2. The van der Waals surface area contributed by atoms with Crippen LogP contribution in [0.2, 0.25) is 0 Å². The highest BCUT2D eigenvalue weighted by molar-refractivity contribution is 7.89. The molecule has 1 saturated heterocycles. The largest absolute Gasteiger partial charge is 0.326 e. The van der Waals surface area contributed by atoms with Crippen molar-refractivity contribution in [2.75, 3.05) is 18.4 Å². The van der Waals surface area contributed by atoms with Crippen molar-refractivity contribution in [1.29, 1.82) is 0 Å². The summed E-state index contributed by atoms with van der Waals surface area (Å²) < 4.78 is 27.9. The van der Waals surface area contributed by atoms with Crippen LogP contribution in [0.4, 0.5) is 5.69 Å². The molecule has 5 rings (SSSR count). The van der Waals surface area contributed by atoms with Crippen molar-refractivity contribution >= 4 is 21.6 Å². The van der Waals surface area contributed by atoms with Gasteiger partial charge >= 0.3 is 0 Å². The van der Waals surface area contributed by atoms with E-state index in [0.29, 0.717) is 30.8 Å². The van der Waals surface area contributed by atoms with E-state index in [1.54, 1.807) is 10.4 Å². The Balaban J connectivity index is 1.22. The second-order valence-corrected chi connectivity index (χ2v) is 11.1. The quantitative estimate of drug-likeness (QED) is 0.782. The summed E-state index contributed by atoms with van der Waals surface area (Å²) in [5.74, 6) is -0.146. The molecule has 0 spiro atoms.